The first kappa shape index (κ1) is 56.3. The second-order valence-corrected chi connectivity index (χ2v) is 20.7. The lowest BCUT2D eigenvalue weighted by atomic mass is 9.32. The molecule has 0 aliphatic carbocycles. The van der Waals surface area contributed by atoms with Gasteiger partial charge in [-0.15, -0.1) is 0 Å². The highest BCUT2D eigenvalue weighted by atomic mass is 79.9. The molecule has 69 heavy (non-hydrogen) atoms. The van der Waals surface area contributed by atoms with Crippen LogP contribution in [0.2, 0.25) is 0 Å². The molecular formula is C56H59B2Br3O8. The molecule has 6 aromatic carbocycles. The third-order valence-electron chi connectivity index (χ3n) is 14.8. The summed E-state index contributed by atoms with van der Waals surface area (Å²) in [5, 5.41) is 30.1. The Morgan fingerprint density at radius 1 is 0.348 bits per heavy atom. The van der Waals surface area contributed by atoms with E-state index in [1.807, 2.05) is 83.1 Å². The van der Waals surface area contributed by atoms with Gasteiger partial charge in [-0.2, -0.15) is 9.59 Å². The Kier molecular flexibility index (Phi) is 18.4. The Labute approximate surface area is 432 Å². The first-order valence-corrected chi connectivity index (χ1v) is 24.8. The van der Waals surface area contributed by atoms with Crippen molar-refractivity contribution in [1.82, 2.24) is 0 Å². The minimum absolute atomic E-state index is 0.210. The Hall–Kier alpha value is -5.32. The van der Waals surface area contributed by atoms with E-state index >= 15 is 0 Å². The summed E-state index contributed by atoms with van der Waals surface area (Å²) in [5.74, 6) is -2.92. The van der Waals surface area contributed by atoms with E-state index in [-0.39, 0.29) is 19.6 Å². The fraction of sp³-hybridized carbons (Fsp3) is 0.286. The SMILES string of the molecule is Cc1c(C)c(B(c2ccc(Br)cc2)c2ccc(Br)cc2)c(C)c(C)c1Br.Cc1c(C)c(C(=O)O)c(C)c(C)c1B(c1c(C)c(C)c(C(=O)O)c(C)c1C)c1c(C)c(C)c(C(=O)O)c(C)c1C.O=C=O. The molecule has 0 amide bonds. The predicted octanol–water partition coefficient (Wildman–Crippen LogP) is 10.1. The maximum atomic E-state index is 12.3. The van der Waals surface area contributed by atoms with Crippen molar-refractivity contribution in [2.45, 2.75) is 111 Å². The summed E-state index contributed by atoms with van der Waals surface area (Å²) < 4.78 is 3.43. The number of carboxylic acids is 3. The van der Waals surface area contributed by atoms with Gasteiger partial charge in [-0.1, -0.05) is 149 Å². The zero-order valence-corrected chi connectivity index (χ0v) is 47.0. The molecule has 0 atom stereocenters. The highest BCUT2D eigenvalue weighted by molar-refractivity contribution is 9.11. The van der Waals surface area contributed by atoms with Crippen LogP contribution in [-0.2, 0) is 9.59 Å². The van der Waals surface area contributed by atoms with Crippen LogP contribution in [0.4, 0.5) is 0 Å². The molecule has 0 unspecified atom stereocenters. The average molecular weight is 1120 g/mol. The van der Waals surface area contributed by atoms with Crippen LogP contribution in [0, 0.1) is 111 Å². The van der Waals surface area contributed by atoms with E-state index in [9.17, 15) is 29.7 Å². The van der Waals surface area contributed by atoms with E-state index in [2.05, 4.69) is 124 Å². The van der Waals surface area contributed by atoms with E-state index in [4.69, 9.17) is 9.59 Å². The van der Waals surface area contributed by atoms with Crippen LogP contribution in [0.3, 0.4) is 0 Å². The summed E-state index contributed by atoms with van der Waals surface area (Å²) in [5.41, 5.74) is 22.5. The van der Waals surface area contributed by atoms with Gasteiger partial charge in [0.1, 0.15) is 0 Å². The molecule has 6 aromatic rings. The largest absolute Gasteiger partial charge is 0.478 e. The topological polar surface area (TPSA) is 146 Å². The third-order valence-corrected chi connectivity index (χ3v) is 17.1. The summed E-state index contributed by atoms with van der Waals surface area (Å²) in [6.45, 7) is 31.4. The summed E-state index contributed by atoms with van der Waals surface area (Å²) in [4.78, 5) is 53.0. The van der Waals surface area contributed by atoms with Crippen molar-refractivity contribution >= 4 is 118 Å². The fourth-order valence-electron chi connectivity index (χ4n) is 10.3. The van der Waals surface area contributed by atoms with E-state index in [0.29, 0.717) is 50.1 Å². The number of halogens is 3. The Morgan fingerprint density at radius 2 is 0.536 bits per heavy atom. The van der Waals surface area contributed by atoms with Gasteiger partial charge in [0.25, 0.3) is 0 Å². The Morgan fingerprint density at radius 3 is 0.739 bits per heavy atom. The number of hydrogen-bond acceptors (Lipinski definition) is 5. The lowest BCUT2D eigenvalue weighted by Crippen LogP contribution is -2.58. The molecule has 0 aliphatic heterocycles. The smallest absolute Gasteiger partial charge is 0.373 e. The first-order chi connectivity index (χ1) is 32.1. The van der Waals surface area contributed by atoms with Crippen molar-refractivity contribution in [1.29, 1.82) is 0 Å². The monoisotopic (exact) mass is 1120 g/mol. The number of benzene rings is 6. The molecule has 3 N–H and O–H groups in total. The molecule has 0 saturated carbocycles. The molecule has 0 radical (unpaired) electrons. The molecule has 0 bridgehead atoms. The van der Waals surface area contributed by atoms with Crippen molar-refractivity contribution < 1.29 is 39.3 Å². The van der Waals surface area contributed by atoms with Crippen LogP contribution < -0.4 is 32.8 Å². The molecule has 0 fully saturated rings. The summed E-state index contributed by atoms with van der Waals surface area (Å²) in [6, 6.07) is 17.4. The zero-order chi connectivity index (χ0) is 52.4. The van der Waals surface area contributed by atoms with Gasteiger partial charge in [0.2, 0.25) is 13.4 Å². The molecule has 0 aromatic heterocycles. The first-order valence-electron chi connectivity index (χ1n) is 22.4. The quantitative estimate of drug-likeness (QED) is 0.121. The second-order valence-electron chi connectivity index (χ2n) is 18.1. The van der Waals surface area contributed by atoms with Crippen LogP contribution in [0.1, 0.15) is 120 Å². The summed E-state index contributed by atoms with van der Waals surface area (Å²) >= 11 is 10.9. The van der Waals surface area contributed by atoms with Gasteiger partial charge in [0.05, 0.1) is 16.7 Å². The van der Waals surface area contributed by atoms with Crippen LogP contribution >= 0.6 is 47.8 Å². The van der Waals surface area contributed by atoms with Gasteiger partial charge in [0, 0.05) is 13.4 Å². The van der Waals surface area contributed by atoms with E-state index < -0.39 is 17.9 Å². The Bertz CT molecular complexity index is 2740. The molecule has 6 rings (SSSR count). The third kappa shape index (κ3) is 10.7. The van der Waals surface area contributed by atoms with Crippen LogP contribution in [0.25, 0.3) is 0 Å². The van der Waals surface area contributed by atoms with Gasteiger partial charge in [-0.25, -0.2) is 14.4 Å². The van der Waals surface area contributed by atoms with Crippen LogP contribution in [0.15, 0.2) is 61.9 Å². The van der Waals surface area contributed by atoms with Crippen molar-refractivity contribution in [3.8, 4) is 0 Å². The zero-order valence-electron chi connectivity index (χ0n) is 42.3. The van der Waals surface area contributed by atoms with Gasteiger partial charge in [0.15, 0.2) is 0 Å². The number of carbonyl (C=O) groups is 3. The minimum atomic E-state index is -0.973. The summed E-state index contributed by atoms with van der Waals surface area (Å²) in [6.07, 6.45) is 0.250. The van der Waals surface area contributed by atoms with Crippen molar-refractivity contribution in [3.05, 3.63) is 168 Å². The van der Waals surface area contributed by atoms with Crippen molar-refractivity contribution in [2.75, 3.05) is 0 Å². The maximum absolute atomic E-state index is 12.3. The predicted molar refractivity (Wildman–Crippen MR) is 293 cm³/mol. The molecule has 0 spiro atoms. The van der Waals surface area contributed by atoms with Gasteiger partial charge < -0.3 is 15.3 Å². The molecule has 358 valence electrons. The minimum Gasteiger partial charge on any atom is -0.478 e. The molecule has 0 heterocycles. The average Bonchev–Trinajstić information content (AvgIpc) is 3.28. The van der Waals surface area contributed by atoms with Crippen LogP contribution in [-0.4, -0.2) is 52.8 Å². The van der Waals surface area contributed by atoms with Gasteiger partial charge in [-0.05, 0) is 180 Å². The van der Waals surface area contributed by atoms with Crippen molar-refractivity contribution in [3.63, 3.8) is 0 Å². The maximum Gasteiger partial charge on any atom is 0.373 e. The number of aromatic carboxylic acids is 3. The normalized spacial score (nSPS) is 10.7. The van der Waals surface area contributed by atoms with E-state index in [1.165, 1.54) is 43.1 Å². The number of carbonyl (C=O) groups excluding carboxylic acids is 2. The summed E-state index contributed by atoms with van der Waals surface area (Å²) in [7, 11) is 0. The second kappa shape index (κ2) is 22.6. The molecule has 0 saturated heterocycles. The fourth-order valence-corrected chi connectivity index (χ4v) is 11.4. The molecule has 13 heteroatoms. The highest BCUT2D eigenvalue weighted by Crippen LogP contribution is 2.29. The van der Waals surface area contributed by atoms with E-state index in [0.717, 1.165) is 58.7 Å². The lowest BCUT2D eigenvalue weighted by Gasteiger charge is -2.32. The molecule has 0 aliphatic rings. The van der Waals surface area contributed by atoms with Crippen LogP contribution in [0.5, 0.6) is 0 Å². The number of hydrogen-bond donors (Lipinski definition) is 3. The van der Waals surface area contributed by atoms with Gasteiger partial charge >= 0.3 is 24.1 Å². The molecule has 8 nitrogen and oxygen atoms in total. The molecular weight excluding hydrogens is 1060 g/mol. The Balaban J connectivity index is 0.000000307. The van der Waals surface area contributed by atoms with Gasteiger partial charge in [-0.3, -0.25) is 0 Å². The number of carboxylic acid groups (broad SMARTS) is 3. The van der Waals surface area contributed by atoms with E-state index in [1.54, 1.807) is 0 Å². The lowest BCUT2D eigenvalue weighted by molar-refractivity contribution is -0.191. The number of rotatable bonds is 9. The highest BCUT2D eigenvalue weighted by Gasteiger charge is 2.37. The standard InChI is InChI=1S/C33H39BO6.C22H20BBr3.CO2/c1-13-19(7)28(20(8)14(2)25(13)31(35)36)34(29-21(9)15(3)26(32(37)38)16(4)22(29)10)30-23(11)17(5)27(33(39)40)18(6)24(30)12;1-13-15(3)22(26)16(4)14(2)21(13)23(17-5-9-19(24)10-6-17)18-7-11-20(25)12-8-18;2-1-3/h1-12H3,(H,35,36)(H,37,38)(H,39,40);5-12H,1-4H3;. The van der Waals surface area contributed by atoms with Crippen molar-refractivity contribution in [2.24, 2.45) is 0 Å².